The molecule has 78 valence electrons. The van der Waals surface area contributed by atoms with E-state index in [0.717, 1.165) is 23.8 Å². The van der Waals surface area contributed by atoms with Gasteiger partial charge in [-0.2, -0.15) is 0 Å². The number of nitrogens with zero attached hydrogens (tertiary/aromatic N) is 2. The quantitative estimate of drug-likeness (QED) is 0.786. The molecule has 0 spiro atoms. The molecule has 1 saturated carbocycles. The van der Waals surface area contributed by atoms with Gasteiger partial charge >= 0.3 is 0 Å². The maximum atomic E-state index is 11.5. The smallest absolute Gasteiger partial charge is 0.243 e. The Morgan fingerprint density at radius 3 is 3.20 bits per heavy atom. The van der Waals surface area contributed by atoms with Gasteiger partial charge in [0, 0.05) is 12.7 Å². The third-order valence-corrected chi connectivity index (χ3v) is 2.92. The fraction of sp³-hybridized carbons (Fsp3) is 0.455. The van der Waals surface area contributed by atoms with Crippen LogP contribution in [-0.4, -0.2) is 24.0 Å². The Balaban J connectivity index is 1.90. The van der Waals surface area contributed by atoms with Crippen molar-refractivity contribution in [1.82, 2.24) is 4.98 Å². The first-order valence-electron chi connectivity index (χ1n) is 5.32. The molecule has 2 aliphatic rings. The van der Waals surface area contributed by atoms with E-state index in [9.17, 15) is 4.79 Å². The van der Waals surface area contributed by atoms with Crippen LogP contribution in [0.2, 0.25) is 0 Å². The summed E-state index contributed by atoms with van der Waals surface area (Å²) >= 11 is 0. The summed E-state index contributed by atoms with van der Waals surface area (Å²) in [6.45, 7) is 1.48. The molecule has 0 atom stereocenters. The number of fused-ring (bicyclic) bond motifs is 1. The lowest BCUT2D eigenvalue weighted by molar-refractivity contribution is -0.115. The van der Waals surface area contributed by atoms with E-state index in [1.165, 1.54) is 12.8 Å². The van der Waals surface area contributed by atoms with Crippen LogP contribution in [0.5, 0.6) is 0 Å². The van der Waals surface area contributed by atoms with Gasteiger partial charge in [-0.05, 0) is 24.8 Å². The molecule has 1 N–H and O–H groups in total. The average Bonchev–Trinajstić information content (AvgIpc) is 3.01. The highest BCUT2D eigenvalue weighted by molar-refractivity contribution is 6.00. The third kappa shape index (κ3) is 1.67. The van der Waals surface area contributed by atoms with Gasteiger partial charge in [-0.3, -0.25) is 9.78 Å². The zero-order valence-electron chi connectivity index (χ0n) is 8.44. The second kappa shape index (κ2) is 3.22. The average molecular weight is 203 g/mol. The Morgan fingerprint density at radius 2 is 2.40 bits per heavy atom. The molecule has 15 heavy (non-hydrogen) atoms. The molecule has 3 rings (SSSR count). The van der Waals surface area contributed by atoms with Crippen molar-refractivity contribution in [3.05, 3.63) is 18.5 Å². The lowest BCUT2D eigenvalue weighted by atomic mass is 10.2. The van der Waals surface area contributed by atoms with Gasteiger partial charge in [-0.25, -0.2) is 0 Å². The predicted octanol–water partition coefficient (Wildman–Crippen LogP) is 1.25. The Kier molecular flexibility index (Phi) is 1.87. The SMILES string of the molecule is O=C1CN(CC2CC2)c2ccncc2N1. The van der Waals surface area contributed by atoms with E-state index >= 15 is 0 Å². The minimum absolute atomic E-state index is 0.0659. The summed E-state index contributed by atoms with van der Waals surface area (Å²) in [5, 5.41) is 2.84. The zero-order valence-corrected chi connectivity index (χ0v) is 8.44. The highest BCUT2D eigenvalue weighted by Gasteiger charge is 2.28. The van der Waals surface area contributed by atoms with Crippen LogP contribution in [0, 0.1) is 5.92 Å². The third-order valence-electron chi connectivity index (χ3n) is 2.92. The zero-order chi connectivity index (χ0) is 10.3. The molecule has 1 fully saturated rings. The van der Waals surface area contributed by atoms with E-state index in [1.54, 1.807) is 12.4 Å². The molecule has 0 saturated heterocycles. The summed E-state index contributed by atoms with van der Waals surface area (Å²) in [6.07, 6.45) is 6.10. The Labute approximate surface area is 88.3 Å². The first kappa shape index (κ1) is 8.71. The Bertz CT molecular complexity index is 401. The largest absolute Gasteiger partial charge is 0.360 e. The first-order valence-corrected chi connectivity index (χ1v) is 5.32. The van der Waals surface area contributed by atoms with Gasteiger partial charge in [0.15, 0.2) is 0 Å². The normalized spacial score (nSPS) is 19.7. The van der Waals surface area contributed by atoms with Gasteiger partial charge in [0.25, 0.3) is 0 Å². The van der Waals surface area contributed by atoms with E-state index in [4.69, 9.17) is 0 Å². The fourth-order valence-corrected chi connectivity index (χ4v) is 1.98. The summed E-state index contributed by atoms with van der Waals surface area (Å²) < 4.78 is 0. The molecule has 2 heterocycles. The van der Waals surface area contributed by atoms with Crippen LogP contribution in [0.25, 0.3) is 0 Å². The van der Waals surface area contributed by atoms with Crippen LogP contribution >= 0.6 is 0 Å². The number of nitrogens with one attached hydrogen (secondary N) is 1. The van der Waals surface area contributed by atoms with Crippen LogP contribution in [-0.2, 0) is 4.79 Å². The Morgan fingerprint density at radius 1 is 1.53 bits per heavy atom. The number of anilines is 2. The van der Waals surface area contributed by atoms with Crippen LogP contribution in [0.15, 0.2) is 18.5 Å². The van der Waals surface area contributed by atoms with E-state index < -0.39 is 0 Å². The van der Waals surface area contributed by atoms with Crippen LogP contribution in [0.3, 0.4) is 0 Å². The van der Waals surface area contributed by atoms with Crippen molar-refractivity contribution < 1.29 is 4.79 Å². The fourth-order valence-electron chi connectivity index (χ4n) is 1.98. The van der Waals surface area contributed by atoms with E-state index in [-0.39, 0.29) is 5.91 Å². The molecular formula is C11H13N3O. The second-order valence-electron chi connectivity index (χ2n) is 4.26. The molecule has 0 aromatic carbocycles. The summed E-state index contributed by atoms with van der Waals surface area (Å²) in [7, 11) is 0. The Hall–Kier alpha value is -1.58. The van der Waals surface area contributed by atoms with Gasteiger partial charge in [-0.15, -0.1) is 0 Å². The molecule has 1 aromatic heterocycles. The monoisotopic (exact) mass is 203 g/mol. The lowest BCUT2D eigenvalue weighted by Crippen LogP contribution is -2.39. The topological polar surface area (TPSA) is 45.2 Å². The standard InChI is InChI=1S/C11H13N3O/c15-11-7-14(6-8-1-2-8)10-3-4-12-5-9(10)13-11/h3-5,8H,1-2,6-7H2,(H,13,15). The molecule has 1 aliphatic heterocycles. The van der Waals surface area contributed by atoms with Crippen molar-refractivity contribution in [3.8, 4) is 0 Å². The van der Waals surface area contributed by atoms with Gasteiger partial charge in [0.2, 0.25) is 5.91 Å². The molecule has 1 aromatic rings. The number of hydrogen-bond acceptors (Lipinski definition) is 3. The molecule has 1 amide bonds. The van der Waals surface area contributed by atoms with Gasteiger partial charge < -0.3 is 10.2 Å². The van der Waals surface area contributed by atoms with Gasteiger partial charge in [-0.1, -0.05) is 0 Å². The number of carbonyl (C=O) groups is 1. The van der Waals surface area contributed by atoms with Crippen LogP contribution in [0.1, 0.15) is 12.8 Å². The maximum absolute atomic E-state index is 11.5. The number of amides is 1. The summed E-state index contributed by atoms with van der Waals surface area (Å²) in [5.41, 5.74) is 1.95. The van der Waals surface area contributed by atoms with Crippen LogP contribution < -0.4 is 10.2 Å². The van der Waals surface area contributed by atoms with Crippen molar-refractivity contribution >= 4 is 17.3 Å². The molecule has 0 unspecified atom stereocenters. The van der Waals surface area contributed by atoms with Crippen molar-refractivity contribution in [1.29, 1.82) is 0 Å². The molecule has 4 heteroatoms. The maximum Gasteiger partial charge on any atom is 0.243 e. The van der Waals surface area contributed by atoms with Crippen molar-refractivity contribution in [2.24, 2.45) is 5.92 Å². The highest BCUT2D eigenvalue weighted by atomic mass is 16.2. The van der Waals surface area contributed by atoms with Gasteiger partial charge in [0.1, 0.15) is 0 Å². The molecule has 4 nitrogen and oxygen atoms in total. The number of rotatable bonds is 2. The minimum Gasteiger partial charge on any atom is -0.360 e. The van der Waals surface area contributed by atoms with Crippen molar-refractivity contribution in [2.45, 2.75) is 12.8 Å². The molecule has 0 radical (unpaired) electrons. The highest BCUT2D eigenvalue weighted by Crippen LogP contribution is 2.34. The molecule has 1 aliphatic carbocycles. The molecule has 0 bridgehead atoms. The first-order chi connectivity index (χ1) is 7.33. The van der Waals surface area contributed by atoms with Crippen LogP contribution in [0.4, 0.5) is 11.4 Å². The molecular weight excluding hydrogens is 190 g/mol. The van der Waals surface area contributed by atoms with E-state index in [0.29, 0.717) is 6.54 Å². The summed E-state index contributed by atoms with van der Waals surface area (Å²) in [5.74, 6) is 0.855. The van der Waals surface area contributed by atoms with Crippen molar-refractivity contribution in [3.63, 3.8) is 0 Å². The number of carbonyl (C=O) groups excluding carboxylic acids is 1. The second-order valence-corrected chi connectivity index (χ2v) is 4.26. The van der Waals surface area contributed by atoms with Gasteiger partial charge in [0.05, 0.1) is 24.1 Å². The number of aromatic nitrogens is 1. The number of pyridine rings is 1. The summed E-state index contributed by atoms with van der Waals surface area (Å²) in [6, 6.07) is 1.97. The van der Waals surface area contributed by atoms with E-state index in [2.05, 4.69) is 15.2 Å². The number of hydrogen-bond donors (Lipinski definition) is 1. The lowest BCUT2D eigenvalue weighted by Gasteiger charge is -2.30. The summed E-state index contributed by atoms with van der Waals surface area (Å²) in [4.78, 5) is 17.6. The van der Waals surface area contributed by atoms with Crippen molar-refractivity contribution in [2.75, 3.05) is 23.3 Å². The predicted molar refractivity (Wildman–Crippen MR) is 57.8 cm³/mol. The minimum atomic E-state index is 0.0659. The van der Waals surface area contributed by atoms with E-state index in [1.807, 2.05) is 6.07 Å².